The Balaban J connectivity index is 2.02. The Bertz CT molecular complexity index is 647. The second kappa shape index (κ2) is 6.87. The number of nitriles is 1. The van der Waals surface area contributed by atoms with E-state index in [4.69, 9.17) is 15.7 Å². The topological polar surface area (TPSA) is 59.0 Å². The average Bonchev–Trinajstić information content (AvgIpc) is 2.53. The summed E-state index contributed by atoms with van der Waals surface area (Å²) in [5.74, 6) is 0.198. The summed E-state index contributed by atoms with van der Waals surface area (Å²) in [4.78, 5) is 0. The summed E-state index contributed by atoms with van der Waals surface area (Å²) in [7, 11) is 0. The van der Waals surface area contributed by atoms with Gasteiger partial charge in [0.2, 0.25) is 0 Å². The summed E-state index contributed by atoms with van der Waals surface area (Å²) in [5, 5.41) is 8.79. The highest BCUT2D eigenvalue weighted by Gasteiger charge is 2.05. The normalized spacial score (nSPS) is 11.7. The molecule has 0 radical (unpaired) electrons. The van der Waals surface area contributed by atoms with Gasteiger partial charge < -0.3 is 10.5 Å². The molecule has 0 saturated carbocycles. The molecule has 0 bridgehead atoms. The number of hydrogen-bond donors (Lipinski definition) is 1. The van der Waals surface area contributed by atoms with Crippen molar-refractivity contribution in [3.05, 3.63) is 65.0 Å². The number of halogens is 1. The van der Waals surface area contributed by atoms with Crippen LogP contribution in [0.2, 0.25) is 0 Å². The first-order chi connectivity index (χ1) is 10.1. The van der Waals surface area contributed by atoms with Crippen LogP contribution in [0.1, 0.15) is 36.1 Å². The van der Waals surface area contributed by atoms with E-state index in [1.807, 2.05) is 37.3 Å². The molecule has 0 aliphatic rings. The van der Waals surface area contributed by atoms with Gasteiger partial charge in [-0.1, -0.05) is 25.1 Å². The van der Waals surface area contributed by atoms with E-state index in [9.17, 15) is 4.39 Å². The molecule has 2 aromatic rings. The summed E-state index contributed by atoms with van der Waals surface area (Å²) in [6, 6.07) is 13.8. The van der Waals surface area contributed by atoms with Crippen molar-refractivity contribution in [2.24, 2.45) is 5.73 Å². The highest BCUT2D eigenvalue weighted by atomic mass is 19.1. The molecule has 0 aromatic heterocycles. The minimum absolute atomic E-state index is 0.0281. The molecule has 108 valence electrons. The molecule has 21 heavy (non-hydrogen) atoms. The lowest BCUT2D eigenvalue weighted by Gasteiger charge is -2.11. The van der Waals surface area contributed by atoms with Crippen molar-refractivity contribution in [2.45, 2.75) is 26.0 Å². The maximum absolute atomic E-state index is 13.2. The molecule has 0 aliphatic heterocycles. The molecule has 4 heteroatoms. The van der Waals surface area contributed by atoms with E-state index in [-0.39, 0.29) is 18.2 Å². The Morgan fingerprint density at radius 2 is 1.95 bits per heavy atom. The maximum atomic E-state index is 13.2. The van der Waals surface area contributed by atoms with Crippen LogP contribution >= 0.6 is 0 Å². The van der Waals surface area contributed by atoms with Crippen LogP contribution in [0.4, 0.5) is 4.39 Å². The van der Waals surface area contributed by atoms with Gasteiger partial charge in [-0.2, -0.15) is 5.26 Å². The van der Waals surface area contributed by atoms with Crippen molar-refractivity contribution in [2.75, 3.05) is 0 Å². The Hall–Kier alpha value is -2.38. The van der Waals surface area contributed by atoms with Gasteiger partial charge in [0.1, 0.15) is 24.2 Å². The number of ether oxygens (including phenoxy) is 1. The van der Waals surface area contributed by atoms with E-state index in [2.05, 4.69) is 0 Å². The molecule has 3 nitrogen and oxygen atoms in total. The molecule has 2 N–H and O–H groups in total. The number of hydrogen-bond acceptors (Lipinski definition) is 3. The lowest BCUT2D eigenvalue weighted by Crippen LogP contribution is -2.08. The summed E-state index contributed by atoms with van der Waals surface area (Å²) in [6.45, 7) is 2.32. The molecule has 0 heterocycles. The van der Waals surface area contributed by atoms with Gasteiger partial charge >= 0.3 is 0 Å². The van der Waals surface area contributed by atoms with Gasteiger partial charge in [0, 0.05) is 6.04 Å². The van der Waals surface area contributed by atoms with Crippen LogP contribution in [-0.4, -0.2) is 0 Å². The van der Waals surface area contributed by atoms with Crippen LogP contribution in [0.5, 0.6) is 5.75 Å². The molecule has 1 atom stereocenters. The lowest BCUT2D eigenvalue weighted by molar-refractivity contribution is 0.306. The van der Waals surface area contributed by atoms with Crippen molar-refractivity contribution < 1.29 is 9.13 Å². The molecule has 0 unspecified atom stereocenters. The first-order valence-electron chi connectivity index (χ1n) is 6.81. The monoisotopic (exact) mass is 284 g/mol. The smallest absolute Gasteiger partial charge is 0.140 e. The SMILES string of the molecule is CC[C@@H](N)c1ccc(OCc2ccc(F)c(C#N)c2)cc1. The number of nitrogens with two attached hydrogens (primary N) is 1. The standard InChI is InChI=1S/C17H17FN2O/c1-2-17(20)13-4-6-15(7-5-13)21-11-12-3-8-16(18)14(9-12)10-19/h3-9,17H,2,11,20H2,1H3/t17-/m1/s1. The zero-order valence-corrected chi connectivity index (χ0v) is 11.8. The predicted octanol–water partition coefficient (Wildman–Crippen LogP) is 3.69. The van der Waals surface area contributed by atoms with E-state index in [0.717, 1.165) is 17.5 Å². The predicted molar refractivity (Wildman–Crippen MR) is 79.1 cm³/mol. The van der Waals surface area contributed by atoms with Gasteiger partial charge in [0.05, 0.1) is 5.56 Å². The minimum Gasteiger partial charge on any atom is -0.489 e. The molecular formula is C17H17FN2O. The van der Waals surface area contributed by atoms with Gasteiger partial charge in [-0.25, -0.2) is 4.39 Å². The Labute approximate surface area is 123 Å². The molecule has 0 fully saturated rings. The maximum Gasteiger partial charge on any atom is 0.140 e. The number of benzene rings is 2. The Kier molecular flexibility index (Phi) is 4.91. The fourth-order valence-corrected chi connectivity index (χ4v) is 1.96. The first kappa shape index (κ1) is 15.0. The zero-order valence-electron chi connectivity index (χ0n) is 11.8. The highest BCUT2D eigenvalue weighted by Crippen LogP contribution is 2.19. The molecule has 2 rings (SSSR count). The Morgan fingerprint density at radius 1 is 1.24 bits per heavy atom. The lowest BCUT2D eigenvalue weighted by atomic mass is 10.1. The number of rotatable bonds is 5. The molecule has 0 aliphatic carbocycles. The van der Waals surface area contributed by atoms with Crippen LogP contribution < -0.4 is 10.5 Å². The van der Waals surface area contributed by atoms with E-state index < -0.39 is 5.82 Å². The quantitative estimate of drug-likeness (QED) is 0.911. The third-order valence-corrected chi connectivity index (χ3v) is 3.30. The van der Waals surface area contributed by atoms with Gasteiger partial charge in [-0.05, 0) is 41.8 Å². The van der Waals surface area contributed by atoms with Gasteiger partial charge in [0.15, 0.2) is 0 Å². The second-order valence-corrected chi connectivity index (χ2v) is 4.80. The van der Waals surface area contributed by atoms with E-state index in [0.29, 0.717) is 5.75 Å². The summed E-state index contributed by atoms with van der Waals surface area (Å²) >= 11 is 0. The van der Waals surface area contributed by atoms with Crippen molar-refractivity contribution in [1.29, 1.82) is 5.26 Å². The van der Waals surface area contributed by atoms with Crippen molar-refractivity contribution >= 4 is 0 Å². The van der Waals surface area contributed by atoms with Crippen molar-refractivity contribution in [3.8, 4) is 11.8 Å². The van der Waals surface area contributed by atoms with Crippen LogP contribution in [-0.2, 0) is 6.61 Å². The van der Waals surface area contributed by atoms with E-state index in [1.54, 1.807) is 6.07 Å². The Morgan fingerprint density at radius 3 is 2.57 bits per heavy atom. The highest BCUT2D eigenvalue weighted by molar-refractivity contribution is 5.35. The van der Waals surface area contributed by atoms with Crippen LogP contribution in [0, 0.1) is 17.1 Å². The van der Waals surface area contributed by atoms with E-state index >= 15 is 0 Å². The second-order valence-electron chi connectivity index (χ2n) is 4.80. The van der Waals surface area contributed by atoms with Gasteiger partial charge in [0.25, 0.3) is 0 Å². The molecule has 0 amide bonds. The van der Waals surface area contributed by atoms with Crippen LogP contribution in [0.3, 0.4) is 0 Å². The molecule has 2 aromatic carbocycles. The average molecular weight is 284 g/mol. The fraction of sp³-hybridized carbons (Fsp3) is 0.235. The number of nitrogens with zero attached hydrogens (tertiary/aromatic N) is 1. The van der Waals surface area contributed by atoms with Gasteiger partial charge in [-0.3, -0.25) is 0 Å². The largest absolute Gasteiger partial charge is 0.489 e. The molecule has 0 saturated heterocycles. The summed E-state index contributed by atoms with van der Waals surface area (Å²) in [5.41, 5.74) is 7.80. The van der Waals surface area contributed by atoms with Crippen molar-refractivity contribution in [1.82, 2.24) is 0 Å². The van der Waals surface area contributed by atoms with Gasteiger partial charge in [-0.15, -0.1) is 0 Å². The van der Waals surface area contributed by atoms with Crippen molar-refractivity contribution in [3.63, 3.8) is 0 Å². The molecule has 0 spiro atoms. The minimum atomic E-state index is -0.515. The summed E-state index contributed by atoms with van der Waals surface area (Å²) < 4.78 is 18.8. The third kappa shape index (κ3) is 3.80. The first-order valence-corrected chi connectivity index (χ1v) is 6.81. The van der Waals surface area contributed by atoms with Crippen LogP contribution in [0.15, 0.2) is 42.5 Å². The third-order valence-electron chi connectivity index (χ3n) is 3.30. The van der Waals surface area contributed by atoms with Crippen LogP contribution in [0.25, 0.3) is 0 Å². The zero-order chi connectivity index (χ0) is 15.2. The fourth-order valence-electron chi connectivity index (χ4n) is 1.96. The summed E-state index contributed by atoms with van der Waals surface area (Å²) in [6.07, 6.45) is 0.882. The van der Waals surface area contributed by atoms with E-state index in [1.165, 1.54) is 12.1 Å². The molecular weight excluding hydrogens is 267 g/mol.